The molecule has 5 nitrogen and oxygen atoms in total. The second-order valence-corrected chi connectivity index (χ2v) is 4.69. The topological polar surface area (TPSA) is 89.3 Å². The lowest BCUT2D eigenvalue weighted by Gasteiger charge is -2.10. The molecule has 0 atom stereocenters. The number of ketones is 1. The van der Waals surface area contributed by atoms with Crippen molar-refractivity contribution in [3.8, 4) is 0 Å². The smallest absolute Gasteiger partial charge is 0.246 e. The highest BCUT2D eigenvalue weighted by Crippen LogP contribution is 2.21. The Balaban J connectivity index is 3.38. The highest BCUT2D eigenvalue weighted by molar-refractivity contribution is 6.35. The number of primary amides is 1. The number of halogens is 2. The number of hydrogen-bond donors (Lipinski definition) is 2. The van der Waals surface area contributed by atoms with Crippen LogP contribution in [-0.2, 0) is 9.59 Å². The highest BCUT2D eigenvalue weighted by Gasteiger charge is 2.20. The summed E-state index contributed by atoms with van der Waals surface area (Å²) in [5.74, 6) is -1.37. The molecule has 0 fully saturated rings. The van der Waals surface area contributed by atoms with Gasteiger partial charge in [-0.15, -0.1) is 0 Å². The Morgan fingerprint density at radius 3 is 2.20 bits per heavy atom. The van der Waals surface area contributed by atoms with Gasteiger partial charge in [0, 0.05) is 21.2 Å². The van der Waals surface area contributed by atoms with Crippen molar-refractivity contribution in [1.82, 2.24) is 5.32 Å². The second-order valence-electron chi connectivity index (χ2n) is 3.82. The van der Waals surface area contributed by atoms with Crippen LogP contribution in [0.1, 0.15) is 23.7 Å². The van der Waals surface area contributed by atoms with Gasteiger partial charge in [0.1, 0.15) is 0 Å². The Hall–Kier alpha value is -1.85. The van der Waals surface area contributed by atoms with Gasteiger partial charge in [0.15, 0.2) is 0 Å². The molecule has 0 aromatic heterocycles. The summed E-state index contributed by atoms with van der Waals surface area (Å²) in [6.45, 7) is 1.64. The van der Waals surface area contributed by atoms with Crippen molar-refractivity contribution in [3.63, 3.8) is 0 Å². The summed E-state index contributed by atoms with van der Waals surface area (Å²) in [6.07, 6.45) is 0.504. The maximum absolute atomic E-state index is 12.3. The molecule has 20 heavy (non-hydrogen) atoms. The van der Waals surface area contributed by atoms with Gasteiger partial charge in [0.2, 0.25) is 18.1 Å². The standard InChI is InChI=1S/C13H12Cl2N2O3/c1-2-10(13(16)20)11(17-6-18)12(19)7-3-8(14)5-9(15)4-7/h3-6H,2H2,1H3,(H2,16,20)(H,17,18)/b11-10-. The van der Waals surface area contributed by atoms with Crippen LogP contribution in [0.5, 0.6) is 0 Å². The van der Waals surface area contributed by atoms with Gasteiger partial charge >= 0.3 is 0 Å². The van der Waals surface area contributed by atoms with E-state index in [1.54, 1.807) is 6.92 Å². The van der Waals surface area contributed by atoms with Crippen molar-refractivity contribution in [2.45, 2.75) is 13.3 Å². The van der Waals surface area contributed by atoms with Gasteiger partial charge in [-0.05, 0) is 24.6 Å². The summed E-state index contributed by atoms with van der Waals surface area (Å²) in [5.41, 5.74) is 5.20. The van der Waals surface area contributed by atoms with E-state index in [-0.39, 0.29) is 33.3 Å². The first-order valence-corrected chi connectivity index (χ1v) is 6.40. The predicted molar refractivity (Wildman–Crippen MR) is 76.5 cm³/mol. The van der Waals surface area contributed by atoms with Gasteiger partial charge in [0.05, 0.1) is 5.70 Å². The lowest BCUT2D eigenvalue weighted by atomic mass is 10.0. The molecule has 3 N–H and O–H groups in total. The molecule has 0 spiro atoms. The zero-order valence-electron chi connectivity index (χ0n) is 10.6. The van der Waals surface area contributed by atoms with Crippen LogP contribution in [0.3, 0.4) is 0 Å². The van der Waals surface area contributed by atoms with E-state index in [9.17, 15) is 14.4 Å². The van der Waals surface area contributed by atoms with Crippen molar-refractivity contribution < 1.29 is 14.4 Å². The molecule has 2 amide bonds. The number of benzene rings is 1. The van der Waals surface area contributed by atoms with Gasteiger partial charge in [-0.2, -0.15) is 0 Å². The molecule has 0 unspecified atom stereocenters. The summed E-state index contributed by atoms with van der Waals surface area (Å²) >= 11 is 11.6. The van der Waals surface area contributed by atoms with Crippen LogP contribution in [0.2, 0.25) is 10.0 Å². The Morgan fingerprint density at radius 1 is 1.25 bits per heavy atom. The average molecular weight is 315 g/mol. The van der Waals surface area contributed by atoms with E-state index in [1.807, 2.05) is 0 Å². The highest BCUT2D eigenvalue weighted by atomic mass is 35.5. The Bertz CT molecular complexity index is 577. The molecular weight excluding hydrogens is 303 g/mol. The number of nitrogens with one attached hydrogen (secondary N) is 1. The number of hydrogen-bond acceptors (Lipinski definition) is 3. The zero-order valence-corrected chi connectivity index (χ0v) is 12.1. The van der Waals surface area contributed by atoms with Gasteiger partial charge in [0.25, 0.3) is 0 Å². The molecule has 106 valence electrons. The number of rotatable bonds is 6. The van der Waals surface area contributed by atoms with E-state index in [4.69, 9.17) is 28.9 Å². The fraction of sp³-hybridized carbons (Fsp3) is 0.154. The minimum Gasteiger partial charge on any atom is -0.366 e. The molecule has 0 aliphatic rings. The van der Waals surface area contributed by atoms with Crippen LogP contribution in [-0.4, -0.2) is 18.1 Å². The number of amides is 2. The number of nitrogens with two attached hydrogens (primary N) is 1. The van der Waals surface area contributed by atoms with Crippen molar-refractivity contribution in [1.29, 1.82) is 0 Å². The Kier molecular flexibility index (Phi) is 5.73. The van der Waals surface area contributed by atoms with Crippen LogP contribution in [0.25, 0.3) is 0 Å². The van der Waals surface area contributed by atoms with Crippen molar-refractivity contribution in [2.24, 2.45) is 5.73 Å². The fourth-order valence-corrected chi connectivity index (χ4v) is 2.18. The molecule has 0 bridgehead atoms. The van der Waals surface area contributed by atoms with Crippen LogP contribution in [0.4, 0.5) is 0 Å². The first-order chi connectivity index (χ1) is 9.40. The summed E-state index contributed by atoms with van der Waals surface area (Å²) in [6, 6.07) is 4.23. The minimum absolute atomic E-state index is 0.0261. The molecule has 0 heterocycles. The quantitative estimate of drug-likeness (QED) is 0.478. The molecule has 0 saturated heterocycles. The maximum Gasteiger partial charge on any atom is 0.246 e. The second kappa shape index (κ2) is 7.07. The third-order valence-corrected chi connectivity index (χ3v) is 2.94. The van der Waals surface area contributed by atoms with Gasteiger partial charge in [-0.1, -0.05) is 30.1 Å². The van der Waals surface area contributed by atoms with E-state index in [0.29, 0.717) is 6.41 Å². The van der Waals surface area contributed by atoms with E-state index >= 15 is 0 Å². The third-order valence-electron chi connectivity index (χ3n) is 2.51. The monoisotopic (exact) mass is 314 g/mol. The average Bonchev–Trinajstić information content (AvgIpc) is 2.36. The van der Waals surface area contributed by atoms with Gasteiger partial charge in [-0.25, -0.2) is 0 Å². The van der Waals surface area contributed by atoms with E-state index in [0.717, 1.165) is 0 Å². The Labute approximate surface area is 125 Å². The molecule has 0 aliphatic heterocycles. The fourth-order valence-electron chi connectivity index (χ4n) is 1.65. The summed E-state index contributed by atoms with van der Waals surface area (Å²) < 4.78 is 0. The Morgan fingerprint density at radius 2 is 1.80 bits per heavy atom. The predicted octanol–water partition coefficient (Wildman–Crippen LogP) is 2.07. The van der Waals surface area contributed by atoms with Crippen LogP contribution < -0.4 is 11.1 Å². The zero-order chi connectivity index (χ0) is 15.3. The summed E-state index contributed by atoms with van der Waals surface area (Å²) in [4.78, 5) is 34.3. The maximum atomic E-state index is 12.3. The van der Waals surface area contributed by atoms with Crippen molar-refractivity contribution in [2.75, 3.05) is 0 Å². The first kappa shape index (κ1) is 16.2. The van der Waals surface area contributed by atoms with Crippen molar-refractivity contribution >= 4 is 41.3 Å². The molecule has 1 aromatic rings. The number of carbonyl (C=O) groups excluding carboxylic acids is 3. The summed E-state index contributed by atoms with van der Waals surface area (Å²) in [5, 5.41) is 2.75. The van der Waals surface area contributed by atoms with E-state index in [1.165, 1.54) is 18.2 Å². The molecule has 0 radical (unpaired) electrons. The largest absolute Gasteiger partial charge is 0.366 e. The number of allylic oxidation sites excluding steroid dienone is 1. The molecule has 0 aliphatic carbocycles. The van der Waals surface area contributed by atoms with Gasteiger partial charge < -0.3 is 11.1 Å². The van der Waals surface area contributed by atoms with Crippen LogP contribution in [0.15, 0.2) is 29.5 Å². The van der Waals surface area contributed by atoms with E-state index in [2.05, 4.69) is 5.32 Å². The minimum atomic E-state index is -0.779. The first-order valence-electron chi connectivity index (χ1n) is 5.64. The van der Waals surface area contributed by atoms with Crippen LogP contribution >= 0.6 is 23.2 Å². The molecule has 7 heteroatoms. The van der Waals surface area contributed by atoms with Gasteiger partial charge in [-0.3, -0.25) is 14.4 Å². The van der Waals surface area contributed by atoms with Crippen molar-refractivity contribution in [3.05, 3.63) is 45.1 Å². The molecule has 1 aromatic carbocycles. The SMILES string of the molecule is CC/C(C(N)=O)=C(/NC=O)C(=O)c1cc(Cl)cc(Cl)c1. The molecular formula is C13H12Cl2N2O3. The third kappa shape index (κ3) is 3.82. The molecule has 1 rings (SSSR count). The number of carbonyl (C=O) groups is 3. The summed E-state index contributed by atoms with van der Waals surface area (Å²) in [7, 11) is 0. The number of Topliss-reactive ketones (excluding diaryl/α,β-unsaturated/α-hetero) is 1. The lowest BCUT2D eigenvalue weighted by molar-refractivity contribution is -0.114. The van der Waals surface area contributed by atoms with E-state index < -0.39 is 11.7 Å². The van der Waals surface area contributed by atoms with Crippen LogP contribution in [0, 0.1) is 0 Å². The molecule has 0 saturated carbocycles. The lowest BCUT2D eigenvalue weighted by Crippen LogP contribution is -2.27. The normalized spacial score (nSPS) is 11.6.